The molecule has 0 unspecified atom stereocenters. The quantitative estimate of drug-likeness (QED) is 0.670. The standard InChI is InChI=1S/C13H18N6O2/c1-5-6-14-13-15-10(4)11(19(20)21)12(16-13)18-9(3)7-8(2)17-18/h7H,5-6H2,1-4H3,(H,14,15,16). The number of nitrogens with zero attached hydrogens (tertiary/aromatic N) is 5. The fourth-order valence-corrected chi connectivity index (χ4v) is 2.07. The van der Waals surface area contributed by atoms with Crippen LogP contribution in [0.3, 0.4) is 0 Å². The van der Waals surface area contributed by atoms with E-state index in [0.717, 1.165) is 17.8 Å². The first-order valence-electron chi connectivity index (χ1n) is 6.74. The first-order valence-corrected chi connectivity index (χ1v) is 6.74. The van der Waals surface area contributed by atoms with Crippen LogP contribution in [-0.2, 0) is 0 Å². The normalized spacial score (nSPS) is 10.7. The van der Waals surface area contributed by atoms with Crippen LogP contribution in [0.1, 0.15) is 30.4 Å². The van der Waals surface area contributed by atoms with E-state index < -0.39 is 4.92 Å². The number of hydrogen-bond acceptors (Lipinski definition) is 6. The fraction of sp³-hybridized carbons (Fsp3) is 0.462. The highest BCUT2D eigenvalue weighted by molar-refractivity contribution is 5.53. The molecule has 0 saturated heterocycles. The summed E-state index contributed by atoms with van der Waals surface area (Å²) >= 11 is 0. The van der Waals surface area contributed by atoms with E-state index in [4.69, 9.17) is 0 Å². The van der Waals surface area contributed by atoms with Gasteiger partial charge in [0.15, 0.2) is 0 Å². The van der Waals surface area contributed by atoms with Crippen LogP contribution in [0.2, 0.25) is 0 Å². The van der Waals surface area contributed by atoms with Crippen molar-refractivity contribution < 1.29 is 4.92 Å². The second-order valence-electron chi connectivity index (χ2n) is 4.83. The van der Waals surface area contributed by atoms with Crippen molar-refractivity contribution in [2.45, 2.75) is 34.1 Å². The average molecular weight is 290 g/mol. The monoisotopic (exact) mass is 290 g/mol. The van der Waals surface area contributed by atoms with Crippen molar-refractivity contribution >= 4 is 11.6 Å². The first kappa shape index (κ1) is 14.9. The Bertz CT molecular complexity index is 680. The van der Waals surface area contributed by atoms with Crippen LogP contribution in [-0.4, -0.2) is 31.2 Å². The van der Waals surface area contributed by atoms with Gasteiger partial charge >= 0.3 is 5.69 Å². The van der Waals surface area contributed by atoms with E-state index >= 15 is 0 Å². The Hall–Kier alpha value is -2.51. The van der Waals surface area contributed by atoms with Gasteiger partial charge in [0.25, 0.3) is 0 Å². The molecular weight excluding hydrogens is 272 g/mol. The molecule has 0 bridgehead atoms. The van der Waals surface area contributed by atoms with Crippen LogP contribution < -0.4 is 5.32 Å². The number of hydrogen-bond donors (Lipinski definition) is 1. The first-order chi connectivity index (χ1) is 9.93. The molecule has 2 rings (SSSR count). The van der Waals surface area contributed by atoms with E-state index in [0.29, 0.717) is 18.2 Å². The highest BCUT2D eigenvalue weighted by atomic mass is 16.6. The molecule has 2 heterocycles. The van der Waals surface area contributed by atoms with Crippen LogP contribution in [0, 0.1) is 30.9 Å². The summed E-state index contributed by atoms with van der Waals surface area (Å²) in [4.78, 5) is 19.3. The summed E-state index contributed by atoms with van der Waals surface area (Å²) in [5.41, 5.74) is 1.76. The molecule has 2 aromatic rings. The van der Waals surface area contributed by atoms with E-state index in [-0.39, 0.29) is 11.5 Å². The topological polar surface area (TPSA) is 98.8 Å². The van der Waals surface area contributed by atoms with E-state index in [2.05, 4.69) is 20.4 Å². The Balaban J connectivity index is 2.62. The molecule has 8 heteroatoms. The maximum atomic E-state index is 11.3. The van der Waals surface area contributed by atoms with Gasteiger partial charge in [-0.15, -0.1) is 0 Å². The van der Waals surface area contributed by atoms with Crippen molar-refractivity contribution in [1.29, 1.82) is 0 Å². The molecule has 0 aromatic carbocycles. The maximum absolute atomic E-state index is 11.3. The molecule has 2 aromatic heterocycles. The van der Waals surface area contributed by atoms with Crippen LogP contribution in [0.4, 0.5) is 11.6 Å². The molecule has 112 valence electrons. The van der Waals surface area contributed by atoms with E-state index in [1.807, 2.05) is 26.8 Å². The number of nitrogens with one attached hydrogen (secondary N) is 1. The Morgan fingerprint density at radius 1 is 1.33 bits per heavy atom. The van der Waals surface area contributed by atoms with Crippen molar-refractivity contribution in [2.24, 2.45) is 0 Å². The molecule has 0 spiro atoms. The second-order valence-corrected chi connectivity index (χ2v) is 4.83. The predicted molar refractivity (Wildman–Crippen MR) is 78.8 cm³/mol. The molecule has 0 fully saturated rings. The van der Waals surface area contributed by atoms with Crippen LogP contribution >= 0.6 is 0 Å². The second kappa shape index (κ2) is 5.86. The minimum absolute atomic E-state index is 0.122. The Morgan fingerprint density at radius 3 is 2.57 bits per heavy atom. The SMILES string of the molecule is CCCNc1nc(C)c([N+](=O)[O-])c(-n2nc(C)cc2C)n1. The summed E-state index contributed by atoms with van der Waals surface area (Å²) in [7, 11) is 0. The van der Waals surface area contributed by atoms with Crippen LogP contribution in [0.5, 0.6) is 0 Å². The van der Waals surface area contributed by atoms with Gasteiger partial charge in [0.2, 0.25) is 11.8 Å². The highest BCUT2D eigenvalue weighted by Gasteiger charge is 2.25. The Labute approximate surface area is 122 Å². The minimum atomic E-state index is -0.468. The van der Waals surface area contributed by atoms with Crippen LogP contribution in [0.25, 0.3) is 5.82 Å². The molecule has 0 aliphatic heterocycles. The zero-order valence-electron chi connectivity index (χ0n) is 12.5. The molecule has 0 aliphatic carbocycles. The summed E-state index contributed by atoms with van der Waals surface area (Å²) in [5, 5.41) is 18.7. The van der Waals surface area contributed by atoms with Crippen molar-refractivity contribution in [1.82, 2.24) is 19.7 Å². The summed E-state index contributed by atoms with van der Waals surface area (Å²) in [6.45, 7) is 7.99. The lowest BCUT2D eigenvalue weighted by Gasteiger charge is -2.09. The maximum Gasteiger partial charge on any atom is 0.334 e. The molecule has 1 N–H and O–H groups in total. The number of aryl methyl sites for hydroxylation is 3. The number of nitro groups is 1. The summed E-state index contributed by atoms with van der Waals surface area (Å²) in [6, 6.07) is 1.85. The van der Waals surface area contributed by atoms with Crippen molar-refractivity contribution in [3.8, 4) is 5.82 Å². The molecular formula is C13H18N6O2. The summed E-state index contributed by atoms with van der Waals surface area (Å²) in [5.74, 6) is 0.569. The molecule has 0 amide bonds. The smallest absolute Gasteiger partial charge is 0.334 e. The zero-order valence-corrected chi connectivity index (χ0v) is 12.5. The third-order valence-electron chi connectivity index (χ3n) is 2.97. The lowest BCUT2D eigenvalue weighted by Crippen LogP contribution is -2.13. The molecule has 0 aliphatic rings. The third kappa shape index (κ3) is 2.99. The van der Waals surface area contributed by atoms with Crippen molar-refractivity contribution in [2.75, 3.05) is 11.9 Å². The fourth-order valence-electron chi connectivity index (χ4n) is 2.07. The number of aromatic nitrogens is 4. The number of rotatable bonds is 5. The van der Waals surface area contributed by atoms with E-state index in [1.165, 1.54) is 4.68 Å². The molecule has 8 nitrogen and oxygen atoms in total. The molecule has 0 atom stereocenters. The van der Waals surface area contributed by atoms with Gasteiger partial charge in [-0.2, -0.15) is 10.1 Å². The Morgan fingerprint density at radius 2 is 2.05 bits per heavy atom. The minimum Gasteiger partial charge on any atom is -0.354 e. The third-order valence-corrected chi connectivity index (χ3v) is 2.97. The van der Waals surface area contributed by atoms with Gasteiger partial charge in [0, 0.05) is 12.2 Å². The van der Waals surface area contributed by atoms with Crippen molar-refractivity contribution in [3.05, 3.63) is 33.3 Å². The van der Waals surface area contributed by atoms with Crippen LogP contribution in [0.15, 0.2) is 6.07 Å². The largest absolute Gasteiger partial charge is 0.354 e. The lowest BCUT2D eigenvalue weighted by molar-refractivity contribution is -0.385. The van der Waals surface area contributed by atoms with Gasteiger partial charge in [-0.25, -0.2) is 9.67 Å². The van der Waals surface area contributed by atoms with E-state index in [1.54, 1.807) is 6.92 Å². The van der Waals surface area contributed by atoms with Gasteiger partial charge in [0.1, 0.15) is 5.69 Å². The Kier molecular flexibility index (Phi) is 4.15. The van der Waals surface area contributed by atoms with Gasteiger partial charge in [-0.3, -0.25) is 10.1 Å². The summed E-state index contributed by atoms with van der Waals surface area (Å²) < 4.78 is 1.49. The molecule has 0 radical (unpaired) electrons. The number of anilines is 1. The summed E-state index contributed by atoms with van der Waals surface area (Å²) in [6.07, 6.45) is 0.911. The van der Waals surface area contributed by atoms with E-state index in [9.17, 15) is 10.1 Å². The van der Waals surface area contributed by atoms with Gasteiger partial charge < -0.3 is 5.32 Å². The van der Waals surface area contributed by atoms with Gasteiger partial charge in [-0.05, 0) is 33.3 Å². The average Bonchev–Trinajstić information content (AvgIpc) is 2.74. The predicted octanol–water partition coefficient (Wildman–Crippen LogP) is 2.32. The highest BCUT2D eigenvalue weighted by Crippen LogP contribution is 2.26. The van der Waals surface area contributed by atoms with Gasteiger partial charge in [-0.1, -0.05) is 6.92 Å². The lowest BCUT2D eigenvalue weighted by atomic mass is 10.3. The molecule has 21 heavy (non-hydrogen) atoms. The zero-order chi connectivity index (χ0) is 15.6. The molecule has 0 saturated carbocycles. The van der Waals surface area contributed by atoms with Crippen molar-refractivity contribution in [3.63, 3.8) is 0 Å². The van der Waals surface area contributed by atoms with Gasteiger partial charge in [0.05, 0.1) is 10.6 Å².